The minimum Gasteiger partial charge on any atom is -0.497 e. The molecule has 1 aromatic carbocycles. The van der Waals surface area contributed by atoms with Gasteiger partial charge < -0.3 is 9.84 Å². The van der Waals surface area contributed by atoms with E-state index in [-0.39, 0.29) is 6.10 Å². The lowest BCUT2D eigenvalue weighted by atomic mass is 9.93. The molecule has 0 saturated carbocycles. The molecule has 0 bridgehead atoms. The van der Waals surface area contributed by atoms with E-state index in [4.69, 9.17) is 4.74 Å². The topological polar surface area (TPSA) is 29.5 Å². The van der Waals surface area contributed by atoms with Crippen molar-refractivity contribution >= 4 is 0 Å². The summed E-state index contributed by atoms with van der Waals surface area (Å²) in [6.07, 6.45) is 2.89. The zero-order valence-corrected chi connectivity index (χ0v) is 10.4. The lowest BCUT2D eigenvalue weighted by Gasteiger charge is -2.17. The number of methoxy groups -OCH3 is 1. The Balaban J connectivity index is 2.47. The van der Waals surface area contributed by atoms with Crippen molar-refractivity contribution in [3.63, 3.8) is 0 Å². The summed E-state index contributed by atoms with van der Waals surface area (Å²) in [5.74, 6) is 1.30. The molecule has 0 saturated heterocycles. The Morgan fingerprint density at radius 2 is 1.88 bits per heavy atom. The summed E-state index contributed by atoms with van der Waals surface area (Å²) in [6, 6.07) is 8.15. The van der Waals surface area contributed by atoms with Crippen LogP contribution in [0.3, 0.4) is 0 Å². The average molecular weight is 222 g/mol. The van der Waals surface area contributed by atoms with Crippen LogP contribution in [0.5, 0.6) is 5.75 Å². The van der Waals surface area contributed by atoms with Crippen molar-refractivity contribution in [2.24, 2.45) is 5.92 Å². The Bertz CT molecular complexity index is 290. The first-order valence-corrected chi connectivity index (χ1v) is 5.98. The summed E-state index contributed by atoms with van der Waals surface area (Å²) >= 11 is 0. The minimum atomic E-state index is -0.205. The largest absolute Gasteiger partial charge is 0.497 e. The highest BCUT2D eigenvalue weighted by Crippen LogP contribution is 2.18. The van der Waals surface area contributed by atoms with Crippen molar-refractivity contribution in [1.82, 2.24) is 0 Å². The van der Waals surface area contributed by atoms with Gasteiger partial charge in [-0.3, -0.25) is 0 Å². The lowest BCUT2D eigenvalue weighted by molar-refractivity contribution is 0.118. The molecule has 2 heteroatoms. The molecule has 0 amide bonds. The number of hydrogen-bond acceptors (Lipinski definition) is 2. The van der Waals surface area contributed by atoms with Crippen molar-refractivity contribution in [3.05, 3.63) is 29.8 Å². The Hall–Kier alpha value is -1.02. The Morgan fingerprint density at radius 3 is 2.31 bits per heavy atom. The van der Waals surface area contributed by atoms with Crippen LogP contribution < -0.4 is 4.74 Å². The molecule has 2 atom stereocenters. The van der Waals surface area contributed by atoms with Gasteiger partial charge in [0, 0.05) is 0 Å². The number of hydrogen-bond donors (Lipinski definition) is 1. The van der Waals surface area contributed by atoms with Gasteiger partial charge in [0.25, 0.3) is 0 Å². The molecule has 90 valence electrons. The van der Waals surface area contributed by atoms with E-state index < -0.39 is 0 Å². The molecule has 2 unspecified atom stereocenters. The maximum Gasteiger partial charge on any atom is 0.118 e. The summed E-state index contributed by atoms with van der Waals surface area (Å²) in [7, 11) is 1.68. The smallest absolute Gasteiger partial charge is 0.118 e. The summed E-state index contributed by atoms with van der Waals surface area (Å²) in [5, 5.41) is 9.55. The van der Waals surface area contributed by atoms with Gasteiger partial charge in [0.05, 0.1) is 13.2 Å². The molecule has 0 heterocycles. The predicted molar refractivity (Wildman–Crippen MR) is 66.8 cm³/mol. The van der Waals surface area contributed by atoms with Gasteiger partial charge in [-0.2, -0.15) is 0 Å². The molecule has 2 nitrogen and oxygen atoms in total. The fourth-order valence-corrected chi connectivity index (χ4v) is 1.93. The molecule has 0 fully saturated rings. The number of rotatable bonds is 6. The molecule has 0 radical (unpaired) electrons. The summed E-state index contributed by atoms with van der Waals surface area (Å²) in [6.45, 7) is 4.01. The van der Waals surface area contributed by atoms with Crippen LogP contribution >= 0.6 is 0 Å². The summed E-state index contributed by atoms with van der Waals surface area (Å²) in [4.78, 5) is 0. The van der Waals surface area contributed by atoms with E-state index in [0.29, 0.717) is 5.92 Å². The molecular formula is C14H22O2. The summed E-state index contributed by atoms with van der Waals surface area (Å²) < 4.78 is 5.11. The fraction of sp³-hybridized carbons (Fsp3) is 0.571. The Morgan fingerprint density at radius 1 is 1.25 bits per heavy atom. The number of aliphatic hydroxyl groups excluding tert-OH is 1. The van der Waals surface area contributed by atoms with Crippen molar-refractivity contribution < 1.29 is 9.84 Å². The molecule has 0 aliphatic rings. The third kappa shape index (κ3) is 3.86. The average Bonchev–Trinajstić information content (AvgIpc) is 2.30. The number of benzene rings is 1. The van der Waals surface area contributed by atoms with Crippen LogP contribution in [-0.2, 0) is 6.42 Å². The maximum absolute atomic E-state index is 9.55. The normalized spacial score (nSPS) is 14.5. The quantitative estimate of drug-likeness (QED) is 0.801. The Kier molecular flexibility index (Phi) is 5.33. The second kappa shape index (κ2) is 6.54. The molecule has 0 aromatic heterocycles. The third-order valence-corrected chi connectivity index (χ3v) is 3.17. The highest BCUT2D eigenvalue weighted by molar-refractivity contribution is 5.27. The lowest BCUT2D eigenvalue weighted by Crippen LogP contribution is -2.16. The molecular weight excluding hydrogens is 200 g/mol. The molecule has 0 aliphatic heterocycles. The van der Waals surface area contributed by atoms with E-state index in [1.807, 2.05) is 19.1 Å². The molecule has 16 heavy (non-hydrogen) atoms. The predicted octanol–water partition coefficient (Wildman–Crippen LogP) is 3.03. The highest BCUT2D eigenvalue weighted by atomic mass is 16.5. The van der Waals surface area contributed by atoms with E-state index >= 15 is 0 Å². The second-order valence-corrected chi connectivity index (χ2v) is 4.30. The maximum atomic E-state index is 9.55. The first-order valence-electron chi connectivity index (χ1n) is 5.98. The zero-order valence-electron chi connectivity index (χ0n) is 10.4. The van der Waals surface area contributed by atoms with Crippen LogP contribution in [0.15, 0.2) is 24.3 Å². The van der Waals surface area contributed by atoms with Crippen molar-refractivity contribution in [3.8, 4) is 5.75 Å². The van der Waals surface area contributed by atoms with Crippen LogP contribution in [-0.4, -0.2) is 18.3 Å². The van der Waals surface area contributed by atoms with Crippen LogP contribution in [0.2, 0.25) is 0 Å². The first-order chi connectivity index (χ1) is 7.67. The van der Waals surface area contributed by atoms with Crippen LogP contribution in [0.4, 0.5) is 0 Å². The van der Waals surface area contributed by atoms with E-state index in [9.17, 15) is 5.11 Å². The zero-order chi connectivity index (χ0) is 12.0. The van der Waals surface area contributed by atoms with Gasteiger partial charge in [-0.1, -0.05) is 25.5 Å². The van der Waals surface area contributed by atoms with Crippen molar-refractivity contribution in [2.75, 3.05) is 7.11 Å². The second-order valence-electron chi connectivity index (χ2n) is 4.30. The van der Waals surface area contributed by atoms with Crippen molar-refractivity contribution in [2.45, 2.75) is 39.2 Å². The van der Waals surface area contributed by atoms with E-state index in [1.54, 1.807) is 7.11 Å². The number of ether oxygens (including phenoxy) is 1. The van der Waals surface area contributed by atoms with Gasteiger partial charge in [0.1, 0.15) is 5.75 Å². The monoisotopic (exact) mass is 222 g/mol. The molecule has 0 spiro atoms. The minimum absolute atomic E-state index is 0.205. The van der Waals surface area contributed by atoms with Gasteiger partial charge >= 0.3 is 0 Å². The molecule has 1 rings (SSSR count). The standard InChI is InChI=1S/C14H22O2/c1-4-13(11(2)15)8-5-12-6-9-14(16-3)10-7-12/h6-7,9-11,13,15H,4-5,8H2,1-3H3. The molecule has 1 aromatic rings. The van der Waals surface area contributed by atoms with Gasteiger partial charge in [-0.25, -0.2) is 0 Å². The Labute approximate surface area is 98.3 Å². The van der Waals surface area contributed by atoms with Crippen LogP contribution in [0.25, 0.3) is 0 Å². The molecule has 1 N–H and O–H groups in total. The number of aryl methyl sites for hydroxylation is 1. The van der Waals surface area contributed by atoms with Gasteiger partial charge in [-0.15, -0.1) is 0 Å². The SMILES string of the molecule is CCC(CCc1ccc(OC)cc1)C(C)O. The van der Waals surface area contributed by atoms with E-state index in [2.05, 4.69) is 19.1 Å². The molecule has 0 aliphatic carbocycles. The van der Waals surface area contributed by atoms with Gasteiger partial charge in [0.15, 0.2) is 0 Å². The van der Waals surface area contributed by atoms with Crippen molar-refractivity contribution in [1.29, 1.82) is 0 Å². The highest BCUT2D eigenvalue weighted by Gasteiger charge is 2.12. The summed E-state index contributed by atoms with van der Waals surface area (Å²) in [5.41, 5.74) is 1.31. The van der Waals surface area contributed by atoms with E-state index in [0.717, 1.165) is 25.0 Å². The van der Waals surface area contributed by atoms with Gasteiger partial charge in [-0.05, 0) is 43.4 Å². The fourth-order valence-electron chi connectivity index (χ4n) is 1.93. The number of aliphatic hydroxyl groups is 1. The van der Waals surface area contributed by atoms with Gasteiger partial charge in [0.2, 0.25) is 0 Å². The third-order valence-electron chi connectivity index (χ3n) is 3.17. The van der Waals surface area contributed by atoms with E-state index in [1.165, 1.54) is 5.56 Å². The van der Waals surface area contributed by atoms with Crippen LogP contribution in [0, 0.1) is 5.92 Å². The van der Waals surface area contributed by atoms with Crippen LogP contribution in [0.1, 0.15) is 32.3 Å². The first kappa shape index (κ1) is 13.0.